The summed E-state index contributed by atoms with van der Waals surface area (Å²) in [5, 5.41) is 6.78. The SMILES string of the molecule is CCOc1ccc(-c2ccc([C@H]3[C@@H](c4ccccn4)NC(=S)N3c3ccc(OC)c(NC(=O)COC)c3)o2)cc1. The van der Waals surface area contributed by atoms with Gasteiger partial charge in [0.2, 0.25) is 5.91 Å². The minimum Gasteiger partial charge on any atom is -0.495 e. The van der Waals surface area contributed by atoms with Gasteiger partial charge in [-0.3, -0.25) is 9.78 Å². The molecular formula is C30H30N4O5S. The summed E-state index contributed by atoms with van der Waals surface area (Å²) >= 11 is 5.84. The van der Waals surface area contributed by atoms with Crippen LogP contribution in [0.3, 0.4) is 0 Å². The Morgan fingerprint density at radius 2 is 1.93 bits per heavy atom. The molecule has 0 aliphatic carbocycles. The number of amides is 1. The molecule has 0 spiro atoms. The van der Waals surface area contributed by atoms with E-state index in [1.165, 1.54) is 7.11 Å². The third-order valence-electron chi connectivity index (χ3n) is 6.48. The summed E-state index contributed by atoms with van der Waals surface area (Å²) in [6.07, 6.45) is 1.75. The van der Waals surface area contributed by atoms with E-state index in [-0.39, 0.29) is 24.6 Å². The number of furan rings is 1. The molecule has 3 heterocycles. The van der Waals surface area contributed by atoms with Gasteiger partial charge in [-0.1, -0.05) is 6.07 Å². The molecule has 2 atom stereocenters. The van der Waals surface area contributed by atoms with Gasteiger partial charge < -0.3 is 34.2 Å². The highest BCUT2D eigenvalue weighted by Gasteiger charge is 2.42. The standard InChI is InChI=1S/C30H30N4O5S/c1-4-38-21-11-8-19(9-12-21)24-14-15-26(39-24)29-28(22-7-5-6-16-31-22)33-30(40)34(29)20-10-13-25(37-3)23(17-20)32-27(35)18-36-2/h5-17,28-29H,4,18H2,1-3H3,(H,32,35)(H,33,40)/t28-,29+/m1/s1. The summed E-state index contributed by atoms with van der Waals surface area (Å²) in [6, 6.07) is 22.3. The molecule has 40 heavy (non-hydrogen) atoms. The Balaban J connectivity index is 1.54. The Bertz CT molecular complexity index is 1480. The second-order valence-electron chi connectivity index (χ2n) is 9.02. The summed E-state index contributed by atoms with van der Waals surface area (Å²) in [4.78, 5) is 18.9. The van der Waals surface area contributed by atoms with Crippen LogP contribution in [0.25, 0.3) is 11.3 Å². The van der Waals surface area contributed by atoms with E-state index in [0.29, 0.717) is 28.9 Å². The van der Waals surface area contributed by atoms with Crippen LogP contribution >= 0.6 is 12.2 Å². The lowest BCUT2D eigenvalue weighted by atomic mass is 10.0. The van der Waals surface area contributed by atoms with Crippen molar-refractivity contribution in [2.75, 3.05) is 37.7 Å². The molecule has 2 aromatic heterocycles. The number of carbonyl (C=O) groups excluding carboxylic acids is 1. The molecule has 0 bridgehead atoms. The van der Waals surface area contributed by atoms with Gasteiger partial charge in [-0.15, -0.1) is 0 Å². The molecule has 0 unspecified atom stereocenters. The number of hydrogen-bond donors (Lipinski definition) is 2. The highest BCUT2D eigenvalue weighted by Crippen LogP contribution is 2.44. The Labute approximate surface area is 238 Å². The van der Waals surface area contributed by atoms with E-state index in [0.717, 1.165) is 28.5 Å². The van der Waals surface area contributed by atoms with E-state index in [1.807, 2.05) is 78.6 Å². The normalized spacial score (nSPS) is 16.5. The summed E-state index contributed by atoms with van der Waals surface area (Å²) in [5.41, 5.74) is 2.99. The number of ether oxygens (including phenoxy) is 3. The number of aromatic nitrogens is 1. The molecule has 1 fully saturated rings. The van der Waals surface area contributed by atoms with Crippen molar-refractivity contribution in [3.05, 3.63) is 90.4 Å². The Kier molecular flexibility index (Phi) is 8.28. The number of benzene rings is 2. The van der Waals surface area contributed by atoms with Crippen molar-refractivity contribution in [2.24, 2.45) is 0 Å². The highest BCUT2D eigenvalue weighted by molar-refractivity contribution is 7.80. The van der Waals surface area contributed by atoms with Gasteiger partial charge in [0.05, 0.1) is 31.1 Å². The van der Waals surface area contributed by atoms with Crippen molar-refractivity contribution in [2.45, 2.75) is 19.0 Å². The monoisotopic (exact) mass is 558 g/mol. The lowest BCUT2D eigenvalue weighted by Crippen LogP contribution is -2.29. The van der Waals surface area contributed by atoms with Crippen LogP contribution in [-0.4, -0.2) is 43.4 Å². The van der Waals surface area contributed by atoms with Crippen molar-refractivity contribution in [3.8, 4) is 22.8 Å². The molecule has 2 N–H and O–H groups in total. The zero-order chi connectivity index (χ0) is 28.1. The maximum absolute atomic E-state index is 12.3. The van der Waals surface area contributed by atoms with Gasteiger partial charge in [-0.25, -0.2) is 0 Å². The Morgan fingerprint density at radius 1 is 1.10 bits per heavy atom. The number of anilines is 2. The van der Waals surface area contributed by atoms with Gasteiger partial charge in [0.25, 0.3) is 0 Å². The van der Waals surface area contributed by atoms with Gasteiger partial charge in [0.1, 0.15) is 35.7 Å². The van der Waals surface area contributed by atoms with E-state index in [1.54, 1.807) is 19.4 Å². The average molecular weight is 559 g/mol. The van der Waals surface area contributed by atoms with Crippen molar-refractivity contribution in [1.29, 1.82) is 0 Å². The smallest absolute Gasteiger partial charge is 0.250 e. The lowest BCUT2D eigenvalue weighted by molar-refractivity contribution is -0.119. The molecule has 2 aromatic carbocycles. The molecule has 5 rings (SSSR count). The number of nitrogens with one attached hydrogen (secondary N) is 2. The Morgan fingerprint density at radius 3 is 2.62 bits per heavy atom. The van der Waals surface area contributed by atoms with E-state index in [9.17, 15) is 4.79 Å². The molecule has 4 aromatic rings. The van der Waals surface area contributed by atoms with Crippen molar-refractivity contribution < 1.29 is 23.4 Å². The zero-order valence-corrected chi connectivity index (χ0v) is 23.2. The maximum Gasteiger partial charge on any atom is 0.250 e. The molecule has 10 heteroatoms. The first-order chi connectivity index (χ1) is 19.5. The van der Waals surface area contributed by atoms with Crippen LogP contribution in [0.15, 0.2) is 83.4 Å². The highest BCUT2D eigenvalue weighted by atomic mass is 32.1. The third kappa shape index (κ3) is 5.63. The molecule has 206 valence electrons. The third-order valence-corrected chi connectivity index (χ3v) is 6.79. The molecular weight excluding hydrogens is 528 g/mol. The van der Waals surface area contributed by atoms with Crippen LogP contribution in [0.2, 0.25) is 0 Å². The Hall–Kier alpha value is -4.41. The number of methoxy groups -OCH3 is 2. The quantitative estimate of drug-likeness (QED) is 0.244. The lowest BCUT2D eigenvalue weighted by Gasteiger charge is -2.27. The predicted molar refractivity (Wildman–Crippen MR) is 157 cm³/mol. The first-order valence-electron chi connectivity index (χ1n) is 12.8. The van der Waals surface area contributed by atoms with Gasteiger partial charge >= 0.3 is 0 Å². The van der Waals surface area contributed by atoms with Crippen molar-refractivity contribution in [3.63, 3.8) is 0 Å². The largest absolute Gasteiger partial charge is 0.495 e. The second-order valence-corrected chi connectivity index (χ2v) is 9.41. The minimum atomic E-state index is -0.366. The average Bonchev–Trinajstić information content (AvgIpc) is 3.59. The number of rotatable bonds is 10. The topological polar surface area (TPSA) is 98.1 Å². The van der Waals surface area contributed by atoms with E-state index >= 15 is 0 Å². The van der Waals surface area contributed by atoms with Crippen LogP contribution in [-0.2, 0) is 9.53 Å². The molecule has 1 saturated heterocycles. The molecule has 1 amide bonds. The van der Waals surface area contributed by atoms with Gasteiger partial charge in [-0.2, -0.15) is 0 Å². The molecule has 9 nitrogen and oxygen atoms in total. The summed E-state index contributed by atoms with van der Waals surface area (Å²) in [5.74, 6) is 2.44. The van der Waals surface area contributed by atoms with Crippen molar-refractivity contribution in [1.82, 2.24) is 10.3 Å². The molecule has 1 aliphatic rings. The fourth-order valence-corrected chi connectivity index (χ4v) is 5.08. The minimum absolute atomic E-state index is 0.0812. The first-order valence-corrected chi connectivity index (χ1v) is 13.2. The van der Waals surface area contributed by atoms with Crippen LogP contribution in [0.1, 0.15) is 30.5 Å². The van der Waals surface area contributed by atoms with Crippen molar-refractivity contribution >= 4 is 34.6 Å². The molecule has 0 saturated carbocycles. The maximum atomic E-state index is 12.3. The van der Waals surface area contributed by atoms with Gasteiger partial charge in [0.15, 0.2) is 5.11 Å². The summed E-state index contributed by atoms with van der Waals surface area (Å²) in [6.45, 7) is 2.48. The van der Waals surface area contributed by atoms with Crippen LogP contribution < -0.4 is 25.0 Å². The first kappa shape index (κ1) is 27.2. The van der Waals surface area contributed by atoms with Gasteiger partial charge in [0, 0.05) is 24.6 Å². The number of hydrogen-bond acceptors (Lipinski definition) is 7. The van der Waals surface area contributed by atoms with E-state index in [2.05, 4.69) is 15.6 Å². The summed E-state index contributed by atoms with van der Waals surface area (Å²) < 4.78 is 22.5. The number of thiocarbonyl (C=S) groups is 1. The fourth-order valence-electron chi connectivity index (χ4n) is 4.73. The second kappa shape index (κ2) is 12.2. The van der Waals surface area contributed by atoms with E-state index in [4.69, 9.17) is 30.8 Å². The number of pyridine rings is 1. The summed E-state index contributed by atoms with van der Waals surface area (Å²) in [7, 11) is 3.02. The fraction of sp³-hybridized carbons (Fsp3) is 0.233. The predicted octanol–water partition coefficient (Wildman–Crippen LogP) is 5.51. The number of carbonyl (C=O) groups is 1. The number of nitrogens with zero attached hydrogens (tertiary/aromatic N) is 2. The zero-order valence-electron chi connectivity index (χ0n) is 22.4. The van der Waals surface area contributed by atoms with Crippen LogP contribution in [0, 0.1) is 0 Å². The van der Waals surface area contributed by atoms with Crippen LogP contribution in [0.5, 0.6) is 11.5 Å². The van der Waals surface area contributed by atoms with E-state index < -0.39 is 0 Å². The van der Waals surface area contributed by atoms with Gasteiger partial charge in [-0.05, 0) is 85.9 Å². The van der Waals surface area contributed by atoms with Crippen LogP contribution in [0.4, 0.5) is 11.4 Å². The molecule has 1 aliphatic heterocycles. The molecule has 0 radical (unpaired) electrons.